The third-order valence-electron chi connectivity index (χ3n) is 7.52. The zero-order chi connectivity index (χ0) is 24.2. The lowest BCUT2D eigenvalue weighted by Gasteiger charge is -2.28. The Balaban J connectivity index is 1.33. The van der Waals surface area contributed by atoms with Gasteiger partial charge < -0.3 is 14.5 Å². The van der Waals surface area contributed by atoms with Crippen LogP contribution in [0.2, 0.25) is 0 Å². The average Bonchev–Trinajstić information content (AvgIpc) is 3.55. The van der Waals surface area contributed by atoms with Crippen molar-refractivity contribution in [3.8, 4) is 11.1 Å². The lowest BCUT2D eigenvalue weighted by atomic mass is 9.79. The number of hydrogen-bond donors (Lipinski definition) is 0. The zero-order valence-corrected chi connectivity index (χ0v) is 21.7. The maximum absolute atomic E-state index is 13.1. The van der Waals surface area contributed by atoms with Gasteiger partial charge in [-0.25, -0.2) is 9.97 Å². The van der Waals surface area contributed by atoms with Gasteiger partial charge in [-0.1, -0.05) is 30.3 Å². The molecule has 0 radical (unpaired) electrons. The molecule has 6 nitrogen and oxygen atoms in total. The van der Waals surface area contributed by atoms with Gasteiger partial charge in [0.2, 0.25) is 0 Å². The maximum Gasteiger partial charge on any atom is 0.264 e. The lowest BCUT2D eigenvalue weighted by Crippen LogP contribution is -2.25. The van der Waals surface area contributed by atoms with Gasteiger partial charge in [-0.2, -0.15) is 0 Å². The molecule has 0 unspecified atom stereocenters. The number of carbonyl (C=O) groups excluding carboxylic acids is 1. The number of aromatic nitrogens is 2. The Morgan fingerprint density at radius 1 is 1.09 bits per heavy atom. The summed E-state index contributed by atoms with van der Waals surface area (Å²) in [5.41, 5.74) is 3.16. The SMILES string of the molecule is CN(C)C(=O)c1sc2ncnc(C3CCC(COCCN4CCCC4)CC3)c2c1-c1ccccc1. The number of hydrogen-bond acceptors (Lipinski definition) is 6. The molecule has 1 aliphatic carbocycles. The third kappa shape index (κ3) is 5.42. The third-order valence-corrected chi connectivity index (χ3v) is 8.60. The van der Waals surface area contributed by atoms with Crippen molar-refractivity contribution in [2.45, 2.75) is 44.4 Å². The molecule has 1 aliphatic heterocycles. The number of amides is 1. The van der Waals surface area contributed by atoms with Gasteiger partial charge in [0.25, 0.3) is 5.91 Å². The van der Waals surface area contributed by atoms with Gasteiger partial charge in [0.1, 0.15) is 16.0 Å². The van der Waals surface area contributed by atoms with Crippen LogP contribution in [-0.4, -0.2) is 72.6 Å². The van der Waals surface area contributed by atoms with Crippen LogP contribution in [0.15, 0.2) is 36.7 Å². The highest BCUT2D eigenvalue weighted by Crippen LogP contribution is 2.44. The summed E-state index contributed by atoms with van der Waals surface area (Å²) in [6.07, 6.45) is 8.88. The molecule has 3 heterocycles. The van der Waals surface area contributed by atoms with Crippen molar-refractivity contribution in [3.63, 3.8) is 0 Å². The molecule has 2 fully saturated rings. The molecule has 3 aromatic rings. The van der Waals surface area contributed by atoms with E-state index in [1.165, 1.54) is 37.3 Å². The Labute approximate surface area is 212 Å². The smallest absolute Gasteiger partial charge is 0.264 e. The first-order valence-electron chi connectivity index (χ1n) is 13.0. The zero-order valence-electron chi connectivity index (χ0n) is 20.9. The van der Waals surface area contributed by atoms with E-state index in [1.807, 2.05) is 32.3 Å². The molecule has 0 spiro atoms. The fraction of sp³-hybridized carbons (Fsp3) is 0.536. The normalized spacial score (nSPS) is 21.0. The minimum atomic E-state index is 0.0209. The van der Waals surface area contributed by atoms with Crippen LogP contribution < -0.4 is 0 Å². The van der Waals surface area contributed by atoms with E-state index in [2.05, 4.69) is 22.0 Å². The van der Waals surface area contributed by atoms with Gasteiger partial charge in [0, 0.05) is 44.1 Å². The second-order valence-electron chi connectivity index (χ2n) is 10.2. The first-order valence-corrected chi connectivity index (χ1v) is 13.8. The molecular formula is C28H36N4O2S. The molecule has 186 valence electrons. The number of nitrogens with zero attached hydrogens (tertiary/aromatic N) is 4. The van der Waals surface area contributed by atoms with Crippen LogP contribution in [0, 0.1) is 5.92 Å². The van der Waals surface area contributed by atoms with Crippen molar-refractivity contribution in [2.75, 3.05) is 46.9 Å². The molecule has 5 rings (SSSR count). The molecule has 1 saturated carbocycles. The van der Waals surface area contributed by atoms with Crippen molar-refractivity contribution in [3.05, 3.63) is 47.2 Å². The van der Waals surface area contributed by atoms with E-state index in [-0.39, 0.29) is 5.91 Å². The van der Waals surface area contributed by atoms with Crippen LogP contribution in [0.1, 0.15) is 59.8 Å². The molecule has 0 atom stereocenters. The molecule has 2 aromatic heterocycles. The van der Waals surface area contributed by atoms with Crippen molar-refractivity contribution >= 4 is 27.5 Å². The van der Waals surface area contributed by atoms with E-state index < -0.39 is 0 Å². The van der Waals surface area contributed by atoms with Crippen molar-refractivity contribution in [1.29, 1.82) is 0 Å². The highest BCUT2D eigenvalue weighted by molar-refractivity contribution is 7.21. The van der Waals surface area contributed by atoms with Crippen LogP contribution in [0.25, 0.3) is 21.3 Å². The Hall–Kier alpha value is -2.35. The first kappa shape index (κ1) is 24.3. The Bertz CT molecular complexity index is 1130. The van der Waals surface area contributed by atoms with E-state index in [0.717, 1.165) is 77.4 Å². The Kier molecular flexibility index (Phi) is 7.75. The van der Waals surface area contributed by atoms with Gasteiger partial charge in [-0.15, -0.1) is 11.3 Å². The maximum atomic E-state index is 13.1. The predicted octanol–water partition coefficient (Wildman–Crippen LogP) is 5.45. The fourth-order valence-electron chi connectivity index (χ4n) is 5.55. The molecule has 2 aliphatic rings. The molecular weight excluding hydrogens is 456 g/mol. The molecule has 35 heavy (non-hydrogen) atoms. The van der Waals surface area contributed by atoms with Crippen LogP contribution in [-0.2, 0) is 4.74 Å². The lowest BCUT2D eigenvalue weighted by molar-refractivity contribution is 0.0690. The average molecular weight is 493 g/mol. The number of likely N-dealkylation sites (tertiary alicyclic amines) is 1. The molecule has 0 bridgehead atoms. The van der Waals surface area contributed by atoms with E-state index in [1.54, 1.807) is 11.2 Å². The standard InChI is InChI=1S/C28H36N4O2S/c1-31(2)28(33)26-23(21-8-4-3-5-9-21)24-25(29-19-30-27(24)35-26)22-12-10-20(11-13-22)18-34-17-16-32-14-6-7-15-32/h3-5,8-9,19-20,22H,6-7,10-18H2,1-2H3. The summed E-state index contributed by atoms with van der Waals surface area (Å²) in [5, 5.41) is 1.07. The molecule has 1 saturated heterocycles. The fourth-order valence-corrected chi connectivity index (χ4v) is 6.75. The number of rotatable bonds is 8. The minimum absolute atomic E-state index is 0.0209. The van der Waals surface area contributed by atoms with Crippen LogP contribution >= 0.6 is 11.3 Å². The predicted molar refractivity (Wildman–Crippen MR) is 142 cm³/mol. The van der Waals surface area contributed by atoms with Crippen LogP contribution in [0.4, 0.5) is 0 Å². The van der Waals surface area contributed by atoms with Crippen LogP contribution in [0.3, 0.4) is 0 Å². The number of thiophene rings is 1. The number of benzene rings is 1. The van der Waals surface area contributed by atoms with Crippen molar-refractivity contribution in [2.24, 2.45) is 5.92 Å². The second-order valence-corrected chi connectivity index (χ2v) is 11.2. The highest BCUT2D eigenvalue weighted by Gasteiger charge is 2.29. The van der Waals surface area contributed by atoms with Gasteiger partial charge in [-0.3, -0.25) is 4.79 Å². The van der Waals surface area contributed by atoms with Gasteiger partial charge >= 0.3 is 0 Å². The summed E-state index contributed by atoms with van der Waals surface area (Å²) in [4.78, 5) is 28.3. The van der Waals surface area contributed by atoms with E-state index in [0.29, 0.717) is 11.8 Å². The monoisotopic (exact) mass is 492 g/mol. The molecule has 1 aromatic carbocycles. The summed E-state index contributed by atoms with van der Waals surface area (Å²) < 4.78 is 6.07. The molecule has 0 N–H and O–H groups in total. The second kappa shape index (κ2) is 11.1. The van der Waals surface area contributed by atoms with E-state index in [4.69, 9.17) is 9.72 Å². The molecule has 7 heteroatoms. The van der Waals surface area contributed by atoms with Crippen molar-refractivity contribution < 1.29 is 9.53 Å². The first-order chi connectivity index (χ1) is 17.1. The van der Waals surface area contributed by atoms with E-state index in [9.17, 15) is 4.79 Å². The summed E-state index contributed by atoms with van der Waals surface area (Å²) in [6, 6.07) is 10.2. The number of fused-ring (bicyclic) bond motifs is 1. The minimum Gasteiger partial charge on any atom is -0.380 e. The van der Waals surface area contributed by atoms with Gasteiger partial charge in [-0.05, 0) is 63.1 Å². The van der Waals surface area contributed by atoms with Gasteiger partial charge in [0.05, 0.1) is 12.3 Å². The summed E-state index contributed by atoms with van der Waals surface area (Å²) in [7, 11) is 3.62. The van der Waals surface area contributed by atoms with Crippen molar-refractivity contribution in [1.82, 2.24) is 19.8 Å². The summed E-state index contributed by atoms with van der Waals surface area (Å²) in [5.74, 6) is 1.04. The Morgan fingerprint density at radius 2 is 1.83 bits per heavy atom. The molecule has 1 amide bonds. The van der Waals surface area contributed by atoms with Gasteiger partial charge in [0.15, 0.2) is 0 Å². The summed E-state index contributed by atoms with van der Waals surface area (Å²) >= 11 is 1.49. The Morgan fingerprint density at radius 3 is 2.54 bits per heavy atom. The summed E-state index contributed by atoms with van der Waals surface area (Å²) in [6.45, 7) is 5.26. The topological polar surface area (TPSA) is 58.6 Å². The highest BCUT2D eigenvalue weighted by atomic mass is 32.1. The number of ether oxygens (including phenoxy) is 1. The van der Waals surface area contributed by atoms with Crippen LogP contribution in [0.5, 0.6) is 0 Å². The number of carbonyl (C=O) groups is 1. The quantitative estimate of drug-likeness (QED) is 0.392. The van der Waals surface area contributed by atoms with E-state index >= 15 is 0 Å². The largest absolute Gasteiger partial charge is 0.380 e.